The zero-order chi connectivity index (χ0) is 18.8. The minimum atomic E-state index is -4.60. The van der Waals surface area contributed by atoms with Crippen molar-refractivity contribution in [2.24, 2.45) is 17.3 Å². The molecule has 1 fully saturated rings. The molecule has 1 aromatic carbocycles. The molecule has 1 aromatic rings. The molecule has 0 aromatic heterocycles. The van der Waals surface area contributed by atoms with Crippen molar-refractivity contribution in [1.82, 2.24) is 0 Å². The highest BCUT2D eigenvalue weighted by Gasteiger charge is 2.62. The summed E-state index contributed by atoms with van der Waals surface area (Å²) in [5.41, 5.74) is 1.32. The molecule has 2 rings (SSSR count). The average molecular weight is 373 g/mol. The van der Waals surface area contributed by atoms with E-state index in [0.29, 0.717) is 0 Å². The summed E-state index contributed by atoms with van der Waals surface area (Å²) < 4.78 is 42.9. The molecule has 1 saturated carbocycles. The van der Waals surface area contributed by atoms with Gasteiger partial charge in [0.25, 0.3) is 0 Å². The number of allylic oxidation sites excluding steroid dienone is 3. The van der Waals surface area contributed by atoms with Gasteiger partial charge in [-0.25, -0.2) is 0 Å². The summed E-state index contributed by atoms with van der Waals surface area (Å²) in [7, 11) is 0. The summed E-state index contributed by atoms with van der Waals surface area (Å²) in [5, 5.41) is -1.20. The van der Waals surface area contributed by atoms with Gasteiger partial charge < -0.3 is 4.74 Å². The quantitative estimate of drug-likeness (QED) is 0.492. The van der Waals surface area contributed by atoms with Crippen LogP contribution < -0.4 is 0 Å². The van der Waals surface area contributed by atoms with E-state index >= 15 is 0 Å². The Morgan fingerprint density at radius 3 is 2.36 bits per heavy atom. The second-order valence-corrected chi connectivity index (χ2v) is 7.16. The molecule has 2 nitrogen and oxygen atoms in total. The number of hydrogen-bond donors (Lipinski definition) is 0. The highest BCUT2D eigenvalue weighted by molar-refractivity contribution is 6.30. The van der Waals surface area contributed by atoms with Crippen molar-refractivity contribution in [3.8, 4) is 0 Å². The standard InChI is InChI=1S/C19H20ClF3O2/c1-4-5-12-6-8-13(9-7-12)11-25-17(24)16-14(18(16,2)3)10-15(20)19(21,22)23/h4,6-10,14,16H,1,5,11H2,2-3H3/t14-,16-/m1/s1. The van der Waals surface area contributed by atoms with Crippen LogP contribution in [-0.2, 0) is 22.6 Å². The second-order valence-electron chi connectivity index (χ2n) is 6.75. The number of hydrogen-bond acceptors (Lipinski definition) is 2. The van der Waals surface area contributed by atoms with Gasteiger partial charge in [0.15, 0.2) is 0 Å². The van der Waals surface area contributed by atoms with Gasteiger partial charge in [-0.2, -0.15) is 13.2 Å². The lowest BCUT2D eigenvalue weighted by Gasteiger charge is -2.06. The van der Waals surface area contributed by atoms with Gasteiger partial charge >= 0.3 is 12.1 Å². The molecule has 136 valence electrons. The molecule has 2 atom stereocenters. The lowest BCUT2D eigenvalue weighted by Crippen LogP contribution is -2.11. The number of ether oxygens (including phenoxy) is 1. The molecule has 0 unspecified atom stereocenters. The van der Waals surface area contributed by atoms with Crippen LogP contribution >= 0.6 is 11.6 Å². The zero-order valence-corrected chi connectivity index (χ0v) is 14.8. The maximum atomic E-state index is 12.6. The molecule has 25 heavy (non-hydrogen) atoms. The van der Waals surface area contributed by atoms with Crippen LogP contribution in [0.25, 0.3) is 0 Å². The van der Waals surface area contributed by atoms with Crippen LogP contribution in [0.3, 0.4) is 0 Å². The fourth-order valence-corrected chi connectivity index (χ4v) is 3.01. The first-order valence-corrected chi connectivity index (χ1v) is 8.25. The normalized spacial score (nSPS) is 22.4. The SMILES string of the molecule is C=CCc1ccc(COC(=O)[C@H]2[C@@H](C=C(Cl)C(F)(F)F)C2(C)C)cc1. The summed E-state index contributed by atoms with van der Waals surface area (Å²) in [5.74, 6) is -1.71. The van der Waals surface area contributed by atoms with Crippen LogP contribution in [0.4, 0.5) is 13.2 Å². The van der Waals surface area contributed by atoms with Crippen LogP contribution in [0.15, 0.2) is 48.0 Å². The van der Waals surface area contributed by atoms with Gasteiger partial charge in [0, 0.05) is 0 Å². The second kappa shape index (κ2) is 7.24. The van der Waals surface area contributed by atoms with Crippen molar-refractivity contribution in [3.05, 3.63) is 59.2 Å². The third-order valence-corrected chi connectivity index (χ3v) is 4.89. The number of esters is 1. The molecule has 1 aliphatic carbocycles. The van der Waals surface area contributed by atoms with Crippen LogP contribution in [0.1, 0.15) is 25.0 Å². The molecule has 0 saturated heterocycles. The maximum Gasteiger partial charge on any atom is 0.426 e. The minimum absolute atomic E-state index is 0.0865. The Morgan fingerprint density at radius 2 is 1.84 bits per heavy atom. The molecule has 0 heterocycles. The van der Waals surface area contributed by atoms with E-state index in [4.69, 9.17) is 16.3 Å². The predicted octanol–water partition coefficient (Wildman–Crippen LogP) is 5.42. The van der Waals surface area contributed by atoms with Crippen molar-refractivity contribution in [2.45, 2.75) is 33.1 Å². The number of halogens is 4. The fourth-order valence-electron chi connectivity index (χ4n) is 2.87. The predicted molar refractivity (Wildman–Crippen MR) is 90.9 cm³/mol. The number of carbonyl (C=O) groups excluding carboxylic acids is 1. The van der Waals surface area contributed by atoms with E-state index in [0.717, 1.165) is 23.6 Å². The average Bonchev–Trinajstić information content (AvgIpc) is 3.06. The van der Waals surface area contributed by atoms with Gasteiger partial charge in [-0.05, 0) is 28.9 Å². The van der Waals surface area contributed by atoms with Gasteiger partial charge in [0.05, 0.1) is 5.92 Å². The molecular formula is C19H20ClF3O2. The molecule has 0 N–H and O–H groups in total. The van der Waals surface area contributed by atoms with E-state index in [1.165, 1.54) is 0 Å². The first kappa shape index (κ1) is 19.6. The molecule has 0 aliphatic heterocycles. The number of alkyl halides is 3. The van der Waals surface area contributed by atoms with Crippen molar-refractivity contribution in [3.63, 3.8) is 0 Å². The largest absolute Gasteiger partial charge is 0.461 e. The lowest BCUT2D eigenvalue weighted by molar-refractivity contribution is -0.147. The van der Waals surface area contributed by atoms with Gasteiger partial charge in [-0.15, -0.1) is 6.58 Å². The van der Waals surface area contributed by atoms with Gasteiger partial charge in [-0.1, -0.05) is 61.9 Å². The molecule has 0 amide bonds. The van der Waals surface area contributed by atoms with Crippen molar-refractivity contribution < 1.29 is 22.7 Å². The monoisotopic (exact) mass is 372 g/mol. The van der Waals surface area contributed by atoms with Gasteiger partial charge in [0.2, 0.25) is 0 Å². The fraction of sp³-hybridized carbons (Fsp3) is 0.421. The Labute approximate surface area is 150 Å². The zero-order valence-electron chi connectivity index (χ0n) is 14.1. The molecule has 1 aliphatic rings. The van der Waals surface area contributed by atoms with E-state index < -0.39 is 34.4 Å². The Kier molecular flexibility index (Phi) is 5.67. The molecular weight excluding hydrogens is 353 g/mol. The summed E-state index contributed by atoms with van der Waals surface area (Å²) >= 11 is 5.28. The number of carbonyl (C=O) groups is 1. The van der Waals surface area contributed by atoms with Crippen molar-refractivity contribution >= 4 is 17.6 Å². The minimum Gasteiger partial charge on any atom is -0.461 e. The third kappa shape index (κ3) is 4.66. The van der Waals surface area contributed by atoms with E-state index in [9.17, 15) is 18.0 Å². The van der Waals surface area contributed by atoms with Crippen molar-refractivity contribution in [1.29, 1.82) is 0 Å². The van der Waals surface area contributed by atoms with Gasteiger partial charge in [0.1, 0.15) is 11.6 Å². The highest BCUT2D eigenvalue weighted by atomic mass is 35.5. The van der Waals surface area contributed by atoms with Crippen LogP contribution in [0.5, 0.6) is 0 Å². The summed E-state index contributed by atoms with van der Waals surface area (Å²) in [6.45, 7) is 7.21. The Bertz CT molecular complexity index is 675. The maximum absolute atomic E-state index is 12.6. The van der Waals surface area contributed by atoms with Gasteiger partial charge in [-0.3, -0.25) is 4.79 Å². The Hall–Kier alpha value is -1.75. The molecule has 0 bridgehead atoms. The first-order valence-electron chi connectivity index (χ1n) is 7.87. The Balaban J connectivity index is 1.95. The number of rotatable bonds is 6. The van der Waals surface area contributed by atoms with E-state index in [-0.39, 0.29) is 6.61 Å². The summed E-state index contributed by atoms with van der Waals surface area (Å²) in [6.07, 6.45) is -1.13. The van der Waals surface area contributed by atoms with Crippen molar-refractivity contribution in [2.75, 3.05) is 0 Å². The lowest BCUT2D eigenvalue weighted by atomic mass is 10.1. The highest BCUT2D eigenvalue weighted by Crippen LogP contribution is 2.60. The molecule has 6 heteroatoms. The molecule has 0 spiro atoms. The van der Waals surface area contributed by atoms with E-state index in [1.807, 2.05) is 24.3 Å². The Morgan fingerprint density at radius 1 is 1.28 bits per heavy atom. The summed E-state index contributed by atoms with van der Waals surface area (Å²) in [6, 6.07) is 7.53. The third-order valence-electron chi connectivity index (χ3n) is 4.55. The number of benzene rings is 1. The van der Waals surface area contributed by atoms with Crippen LogP contribution in [-0.4, -0.2) is 12.1 Å². The van der Waals surface area contributed by atoms with E-state index in [2.05, 4.69) is 6.58 Å². The first-order chi connectivity index (χ1) is 11.6. The van der Waals surface area contributed by atoms with Crippen LogP contribution in [0.2, 0.25) is 0 Å². The smallest absolute Gasteiger partial charge is 0.426 e. The van der Waals surface area contributed by atoms with Crippen LogP contribution in [0, 0.1) is 17.3 Å². The topological polar surface area (TPSA) is 26.3 Å². The summed E-state index contributed by atoms with van der Waals surface area (Å²) in [4.78, 5) is 12.2. The molecule has 0 radical (unpaired) electrons. The van der Waals surface area contributed by atoms with E-state index in [1.54, 1.807) is 19.9 Å².